The molecule has 2 aromatic rings. The Morgan fingerprint density at radius 3 is 2.58 bits per heavy atom. The molecular formula is C15H17FN2O. The molecule has 19 heavy (non-hydrogen) atoms. The van der Waals surface area contributed by atoms with Gasteiger partial charge >= 0.3 is 0 Å². The molecule has 0 spiro atoms. The van der Waals surface area contributed by atoms with Crippen LogP contribution in [-0.2, 0) is 17.8 Å². The van der Waals surface area contributed by atoms with Crippen LogP contribution in [-0.4, -0.2) is 6.61 Å². The second-order valence-corrected chi connectivity index (χ2v) is 4.20. The summed E-state index contributed by atoms with van der Waals surface area (Å²) in [7, 11) is 0. The lowest BCUT2D eigenvalue weighted by molar-refractivity contribution is 0.123. The van der Waals surface area contributed by atoms with Crippen molar-refractivity contribution in [3.05, 3.63) is 65.5 Å². The van der Waals surface area contributed by atoms with Crippen LogP contribution in [0.5, 0.6) is 0 Å². The van der Waals surface area contributed by atoms with Crippen LogP contribution >= 0.6 is 0 Å². The molecule has 4 heteroatoms. The zero-order valence-electron chi connectivity index (χ0n) is 10.6. The van der Waals surface area contributed by atoms with Gasteiger partial charge in [0, 0.05) is 12.0 Å². The molecule has 0 saturated heterocycles. The number of benzene rings is 2. The van der Waals surface area contributed by atoms with E-state index < -0.39 is 0 Å². The zero-order chi connectivity index (χ0) is 13.5. The summed E-state index contributed by atoms with van der Waals surface area (Å²) in [5, 5.41) is 0. The van der Waals surface area contributed by atoms with Gasteiger partial charge in [0.2, 0.25) is 0 Å². The van der Waals surface area contributed by atoms with E-state index in [2.05, 4.69) is 5.43 Å². The molecule has 0 bridgehead atoms. The summed E-state index contributed by atoms with van der Waals surface area (Å²) in [4.78, 5) is 0. The Hall–Kier alpha value is -1.91. The standard InChI is InChI=1S/C15H17FN2O/c16-14-7-4-8-15(18-17)13(14)9-10-19-11-12-5-2-1-3-6-12/h1-8,18H,9-11,17H2. The third-order valence-corrected chi connectivity index (χ3v) is 2.88. The van der Waals surface area contributed by atoms with Gasteiger partial charge in [0.25, 0.3) is 0 Å². The Labute approximate surface area is 112 Å². The summed E-state index contributed by atoms with van der Waals surface area (Å²) in [6.45, 7) is 0.977. The predicted molar refractivity (Wildman–Crippen MR) is 74.0 cm³/mol. The van der Waals surface area contributed by atoms with Crippen molar-refractivity contribution >= 4 is 5.69 Å². The van der Waals surface area contributed by atoms with Crippen LogP contribution in [0.2, 0.25) is 0 Å². The molecule has 0 fully saturated rings. The molecule has 2 rings (SSSR count). The smallest absolute Gasteiger partial charge is 0.128 e. The predicted octanol–water partition coefficient (Wildman–Crippen LogP) is 2.87. The summed E-state index contributed by atoms with van der Waals surface area (Å²) in [5.41, 5.74) is 4.76. The number of hydrogen-bond donors (Lipinski definition) is 2. The van der Waals surface area contributed by atoms with Crippen molar-refractivity contribution in [2.45, 2.75) is 13.0 Å². The van der Waals surface area contributed by atoms with Gasteiger partial charge in [-0.05, 0) is 17.7 Å². The van der Waals surface area contributed by atoms with Crippen LogP contribution in [0.15, 0.2) is 48.5 Å². The number of hydrazine groups is 1. The Morgan fingerprint density at radius 1 is 1.05 bits per heavy atom. The maximum absolute atomic E-state index is 13.6. The topological polar surface area (TPSA) is 47.3 Å². The van der Waals surface area contributed by atoms with E-state index in [1.165, 1.54) is 6.07 Å². The van der Waals surface area contributed by atoms with Gasteiger partial charge in [0.05, 0.1) is 18.9 Å². The molecule has 0 saturated carbocycles. The van der Waals surface area contributed by atoms with Crippen LogP contribution in [0.1, 0.15) is 11.1 Å². The Morgan fingerprint density at radius 2 is 1.84 bits per heavy atom. The summed E-state index contributed by atoms with van der Waals surface area (Å²) in [5.74, 6) is 5.09. The highest BCUT2D eigenvalue weighted by Gasteiger charge is 2.07. The van der Waals surface area contributed by atoms with Crippen LogP contribution < -0.4 is 11.3 Å². The van der Waals surface area contributed by atoms with Gasteiger partial charge in [-0.3, -0.25) is 5.84 Å². The first-order valence-corrected chi connectivity index (χ1v) is 6.17. The highest BCUT2D eigenvalue weighted by molar-refractivity contribution is 5.50. The molecule has 0 aromatic heterocycles. The van der Waals surface area contributed by atoms with Gasteiger partial charge < -0.3 is 10.2 Å². The van der Waals surface area contributed by atoms with Gasteiger partial charge in [-0.15, -0.1) is 0 Å². The number of ether oxygens (including phenoxy) is 1. The quantitative estimate of drug-likeness (QED) is 0.477. The molecule has 3 N–H and O–H groups in total. The second-order valence-electron chi connectivity index (χ2n) is 4.20. The van der Waals surface area contributed by atoms with Crippen LogP contribution in [0.3, 0.4) is 0 Å². The number of halogens is 1. The fourth-order valence-electron chi connectivity index (χ4n) is 1.89. The summed E-state index contributed by atoms with van der Waals surface area (Å²) >= 11 is 0. The highest BCUT2D eigenvalue weighted by Crippen LogP contribution is 2.18. The van der Waals surface area contributed by atoms with E-state index in [9.17, 15) is 4.39 Å². The lowest BCUT2D eigenvalue weighted by Crippen LogP contribution is -2.11. The normalized spacial score (nSPS) is 10.4. The van der Waals surface area contributed by atoms with E-state index in [-0.39, 0.29) is 5.82 Å². The average molecular weight is 260 g/mol. The van der Waals surface area contributed by atoms with Gasteiger partial charge in [0.1, 0.15) is 5.82 Å². The van der Waals surface area contributed by atoms with Crippen molar-refractivity contribution in [2.24, 2.45) is 5.84 Å². The van der Waals surface area contributed by atoms with Crippen molar-refractivity contribution in [1.82, 2.24) is 0 Å². The lowest BCUT2D eigenvalue weighted by atomic mass is 10.1. The Balaban J connectivity index is 1.86. The molecule has 3 nitrogen and oxygen atoms in total. The number of anilines is 1. The van der Waals surface area contributed by atoms with Crippen molar-refractivity contribution in [2.75, 3.05) is 12.0 Å². The largest absolute Gasteiger partial charge is 0.376 e. The molecule has 0 heterocycles. The second kappa shape index (κ2) is 6.87. The first-order valence-electron chi connectivity index (χ1n) is 6.17. The first kappa shape index (κ1) is 13.5. The molecule has 0 aliphatic rings. The van der Waals surface area contributed by atoms with E-state index in [0.29, 0.717) is 30.9 Å². The molecule has 100 valence electrons. The number of nitrogens with one attached hydrogen (secondary N) is 1. The fraction of sp³-hybridized carbons (Fsp3) is 0.200. The molecular weight excluding hydrogens is 243 g/mol. The lowest BCUT2D eigenvalue weighted by Gasteiger charge is -2.10. The van der Waals surface area contributed by atoms with Crippen molar-refractivity contribution in [3.63, 3.8) is 0 Å². The zero-order valence-corrected chi connectivity index (χ0v) is 10.6. The van der Waals surface area contributed by atoms with Crippen LogP contribution in [0, 0.1) is 5.82 Å². The first-order chi connectivity index (χ1) is 9.31. The summed E-state index contributed by atoms with van der Waals surface area (Å²) < 4.78 is 19.2. The number of nitrogens with two attached hydrogens (primary N) is 1. The van der Waals surface area contributed by atoms with Crippen molar-refractivity contribution in [3.8, 4) is 0 Å². The highest BCUT2D eigenvalue weighted by atomic mass is 19.1. The van der Waals surface area contributed by atoms with Gasteiger partial charge in [-0.2, -0.15) is 0 Å². The van der Waals surface area contributed by atoms with Gasteiger partial charge in [-0.25, -0.2) is 4.39 Å². The van der Waals surface area contributed by atoms with E-state index in [1.807, 2.05) is 30.3 Å². The molecule has 0 unspecified atom stereocenters. The van der Waals surface area contributed by atoms with Crippen LogP contribution in [0.25, 0.3) is 0 Å². The number of rotatable bonds is 6. The minimum atomic E-state index is -0.265. The van der Waals surface area contributed by atoms with Gasteiger partial charge in [0.15, 0.2) is 0 Å². The fourth-order valence-corrected chi connectivity index (χ4v) is 1.89. The van der Waals surface area contributed by atoms with E-state index >= 15 is 0 Å². The molecule has 0 radical (unpaired) electrons. The molecule has 0 aliphatic carbocycles. The van der Waals surface area contributed by atoms with E-state index in [0.717, 1.165) is 5.56 Å². The maximum atomic E-state index is 13.6. The summed E-state index contributed by atoms with van der Waals surface area (Å²) in [6.07, 6.45) is 0.485. The summed E-state index contributed by atoms with van der Waals surface area (Å²) in [6, 6.07) is 14.7. The monoisotopic (exact) mass is 260 g/mol. The van der Waals surface area contributed by atoms with Crippen LogP contribution in [0.4, 0.5) is 10.1 Å². The molecule has 2 aromatic carbocycles. The Kier molecular flexibility index (Phi) is 4.89. The third-order valence-electron chi connectivity index (χ3n) is 2.88. The van der Waals surface area contributed by atoms with Gasteiger partial charge in [-0.1, -0.05) is 36.4 Å². The third kappa shape index (κ3) is 3.77. The number of nitrogen functional groups attached to an aromatic ring is 1. The maximum Gasteiger partial charge on any atom is 0.128 e. The van der Waals surface area contributed by atoms with Crippen molar-refractivity contribution in [1.29, 1.82) is 0 Å². The molecule has 0 atom stereocenters. The molecule has 0 amide bonds. The SMILES string of the molecule is NNc1cccc(F)c1CCOCc1ccccc1. The minimum absolute atomic E-state index is 0.265. The minimum Gasteiger partial charge on any atom is -0.376 e. The molecule has 0 aliphatic heterocycles. The van der Waals surface area contributed by atoms with E-state index in [1.54, 1.807) is 12.1 Å². The van der Waals surface area contributed by atoms with E-state index in [4.69, 9.17) is 10.6 Å². The number of hydrogen-bond acceptors (Lipinski definition) is 3. The average Bonchev–Trinajstić information content (AvgIpc) is 2.46. The van der Waals surface area contributed by atoms with Crippen molar-refractivity contribution < 1.29 is 9.13 Å². The Bertz CT molecular complexity index is 517.